The summed E-state index contributed by atoms with van der Waals surface area (Å²) in [4.78, 5) is 27.9. The molecule has 28 heavy (non-hydrogen) atoms. The van der Waals surface area contributed by atoms with Gasteiger partial charge in [0.05, 0.1) is 16.9 Å². The number of amides is 2. The SMILES string of the molecule is O=C(Nc1cccc(OC2CCCC2)c1)C1CCCN(C(=O)c2cccs2)C1. The van der Waals surface area contributed by atoms with Gasteiger partial charge in [-0.2, -0.15) is 0 Å². The van der Waals surface area contributed by atoms with E-state index in [1.54, 1.807) is 4.90 Å². The first kappa shape index (κ1) is 19.0. The minimum atomic E-state index is -0.183. The molecule has 148 valence electrons. The fraction of sp³-hybridized carbons (Fsp3) is 0.455. The van der Waals surface area contributed by atoms with E-state index in [2.05, 4.69) is 5.32 Å². The average Bonchev–Trinajstić information content (AvgIpc) is 3.42. The van der Waals surface area contributed by atoms with E-state index in [9.17, 15) is 9.59 Å². The Labute approximate surface area is 169 Å². The maximum atomic E-state index is 12.8. The van der Waals surface area contributed by atoms with Crippen molar-refractivity contribution in [3.05, 3.63) is 46.7 Å². The second kappa shape index (κ2) is 8.78. The number of benzene rings is 1. The van der Waals surface area contributed by atoms with Gasteiger partial charge in [0.2, 0.25) is 5.91 Å². The maximum absolute atomic E-state index is 12.8. The normalized spacial score (nSPS) is 20.1. The molecule has 1 atom stereocenters. The van der Waals surface area contributed by atoms with E-state index in [0.29, 0.717) is 19.2 Å². The lowest BCUT2D eigenvalue weighted by Gasteiger charge is -2.31. The van der Waals surface area contributed by atoms with Gasteiger partial charge in [0, 0.05) is 24.8 Å². The molecule has 2 heterocycles. The second-order valence-corrected chi connectivity index (χ2v) is 8.56. The van der Waals surface area contributed by atoms with Crippen LogP contribution >= 0.6 is 11.3 Å². The van der Waals surface area contributed by atoms with E-state index in [1.807, 2.05) is 41.8 Å². The summed E-state index contributed by atoms with van der Waals surface area (Å²) in [5.74, 6) is 0.626. The molecule has 2 aliphatic rings. The fourth-order valence-corrected chi connectivity index (χ4v) is 4.71. The molecule has 1 unspecified atom stereocenters. The smallest absolute Gasteiger partial charge is 0.263 e. The first-order valence-electron chi connectivity index (χ1n) is 10.1. The minimum absolute atomic E-state index is 0.0262. The number of carbonyl (C=O) groups is 2. The Morgan fingerprint density at radius 1 is 1.07 bits per heavy atom. The molecule has 0 radical (unpaired) electrons. The summed E-state index contributed by atoms with van der Waals surface area (Å²) in [5, 5.41) is 4.92. The summed E-state index contributed by atoms with van der Waals surface area (Å²) >= 11 is 1.45. The number of anilines is 1. The number of thiophene rings is 1. The van der Waals surface area contributed by atoms with E-state index >= 15 is 0 Å². The van der Waals surface area contributed by atoms with Gasteiger partial charge in [-0.05, 0) is 62.1 Å². The molecule has 1 aromatic carbocycles. The van der Waals surface area contributed by atoms with Crippen LogP contribution in [0.1, 0.15) is 48.2 Å². The zero-order chi connectivity index (χ0) is 19.3. The third-order valence-corrected chi connectivity index (χ3v) is 6.38. The van der Waals surface area contributed by atoms with Gasteiger partial charge in [-0.15, -0.1) is 11.3 Å². The Bertz CT molecular complexity index is 815. The van der Waals surface area contributed by atoms with E-state index in [0.717, 1.165) is 42.0 Å². The Morgan fingerprint density at radius 2 is 1.93 bits per heavy atom. The highest BCUT2D eigenvalue weighted by atomic mass is 32.1. The van der Waals surface area contributed by atoms with Gasteiger partial charge in [0.25, 0.3) is 5.91 Å². The highest BCUT2D eigenvalue weighted by Crippen LogP contribution is 2.27. The largest absolute Gasteiger partial charge is 0.490 e. The number of nitrogens with zero attached hydrogens (tertiary/aromatic N) is 1. The monoisotopic (exact) mass is 398 g/mol. The molecule has 1 aliphatic carbocycles. The summed E-state index contributed by atoms with van der Waals surface area (Å²) in [7, 11) is 0. The molecule has 1 aromatic heterocycles. The number of likely N-dealkylation sites (tertiary alicyclic amines) is 1. The van der Waals surface area contributed by atoms with Crippen molar-refractivity contribution in [1.29, 1.82) is 0 Å². The quantitative estimate of drug-likeness (QED) is 0.803. The predicted molar refractivity (Wildman–Crippen MR) is 111 cm³/mol. The third kappa shape index (κ3) is 4.55. The topological polar surface area (TPSA) is 58.6 Å². The molecule has 2 aromatic rings. The van der Waals surface area contributed by atoms with Gasteiger partial charge >= 0.3 is 0 Å². The second-order valence-electron chi connectivity index (χ2n) is 7.61. The van der Waals surface area contributed by atoms with E-state index in [1.165, 1.54) is 24.2 Å². The van der Waals surface area contributed by atoms with Gasteiger partial charge < -0.3 is 15.0 Å². The first-order valence-corrected chi connectivity index (χ1v) is 11.0. The lowest BCUT2D eigenvalue weighted by molar-refractivity contribution is -0.121. The van der Waals surface area contributed by atoms with Crippen LogP contribution in [0.15, 0.2) is 41.8 Å². The highest BCUT2D eigenvalue weighted by molar-refractivity contribution is 7.12. The summed E-state index contributed by atoms with van der Waals surface area (Å²) < 4.78 is 6.03. The zero-order valence-corrected chi connectivity index (χ0v) is 16.7. The van der Waals surface area contributed by atoms with Crippen molar-refractivity contribution in [3.63, 3.8) is 0 Å². The average molecular weight is 399 g/mol. The van der Waals surface area contributed by atoms with Gasteiger partial charge in [-0.3, -0.25) is 9.59 Å². The van der Waals surface area contributed by atoms with Gasteiger partial charge in [-0.1, -0.05) is 12.1 Å². The van der Waals surface area contributed by atoms with Crippen molar-refractivity contribution in [2.24, 2.45) is 5.92 Å². The summed E-state index contributed by atoms with van der Waals surface area (Å²) in [5.41, 5.74) is 0.752. The number of rotatable bonds is 5. The van der Waals surface area contributed by atoms with Crippen LogP contribution in [-0.2, 0) is 4.79 Å². The first-order chi connectivity index (χ1) is 13.7. The number of carbonyl (C=O) groups excluding carboxylic acids is 2. The number of ether oxygens (including phenoxy) is 1. The van der Waals surface area contributed by atoms with E-state index in [-0.39, 0.29) is 17.7 Å². The summed E-state index contributed by atoms with van der Waals surface area (Å²) in [6, 6.07) is 11.4. The van der Waals surface area contributed by atoms with Crippen LogP contribution < -0.4 is 10.1 Å². The molecule has 1 saturated heterocycles. The summed E-state index contributed by atoms with van der Waals surface area (Å²) in [6.45, 7) is 1.19. The molecule has 1 saturated carbocycles. The molecule has 2 fully saturated rings. The van der Waals surface area contributed by atoms with Crippen LogP contribution in [0.5, 0.6) is 5.75 Å². The van der Waals surface area contributed by atoms with Crippen molar-refractivity contribution in [2.45, 2.75) is 44.6 Å². The Kier molecular flexibility index (Phi) is 5.95. The Hall–Kier alpha value is -2.34. The van der Waals surface area contributed by atoms with Crippen molar-refractivity contribution in [3.8, 4) is 5.75 Å². The molecule has 4 rings (SSSR count). The number of piperidine rings is 1. The number of hydrogen-bond acceptors (Lipinski definition) is 4. The maximum Gasteiger partial charge on any atom is 0.263 e. The van der Waals surface area contributed by atoms with Crippen LogP contribution in [0.2, 0.25) is 0 Å². The minimum Gasteiger partial charge on any atom is -0.490 e. The molecule has 1 N–H and O–H groups in total. The van der Waals surface area contributed by atoms with Crippen molar-refractivity contribution >= 4 is 28.8 Å². The molecule has 2 amide bonds. The van der Waals surface area contributed by atoms with Crippen LogP contribution in [-0.4, -0.2) is 35.9 Å². The highest BCUT2D eigenvalue weighted by Gasteiger charge is 2.29. The summed E-state index contributed by atoms with van der Waals surface area (Å²) in [6.07, 6.45) is 6.60. The third-order valence-electron chi connectivity index (χ3n) is 5.52. The van der Waals surface area contributed by atoms with Crippen LogP contribution in [0, 0.1) is 5.92 Å². The van der Waals surface area contributed by atoms with Crippen molar-refractivity contribution in [2.75, 3.05) is 18.4 Å². The molecule has 0 bridgehead atoms. The molecule has 0 spiro atoms. The lowest BCUT2D eigenvalue weighted by atomic mass is 9.97. The molecular formula is C22H26N2O3S. The Morgan fingerprint density at radius 3 is 2.71 bits per heavy atom. The Balaban J connectivity index is 1.36. The standard InChI is InChI=1S/C22H26N2O3S/c25-21(16-6-4-12-24(15-16)22(26)20-11-5-13-28-20)23-17-7-3-10-19(14-17)27-18-8-1-2-9-18/h3,5,7,10-11,13-14,16,18H,1-2,4,6,8-9,12,15H2,(H,23,25). The number of hydrogen-bond donors (Lipinski definition) is 1. The van der Waals surface area contributed by atoms with Gasteiger partial charge in [-0.25, -0.2) is 0 Å². The van der Waals surface area contributed by atoms with Crippen molar-refractivity contribution in [1.82, 2.24) is 4.90 Å². The molecular weight excluding hydrogens is 372 g/mol. The van der Waals surface area contributed by atoms with Crippen LogP contribution in [0.3, 0.4) is 0 Å². The number of nitrogens with one attached hydrogen (secondary N) is 1. The molecule has 6 heteroatoms. The van der Waals surface area contributed by atoms with E-state index < -0.39 is 0 Å². The zero-order valence-electron chi connectivity index (χ0n) is 15.9. The predicted octanol–water partition coefficient (Wildman–Crippen LogP) is 4.56. The van der Waals surface area contributed by atoms with Gasteiger partial charge in [0.15, 0.2) is 0 Å². The van der Waals surface area contributed by atoms with E-state index in [4.69, 9.17) is 4.74 Å². The fourth-order valence-electron chi connectivity index (χ4n) is 4.02. The van der Waals surface area contributed by atoms with Crippen molar-refractivity contribution < 1.29 is 14.3 Å². The lowest BCUT2D eigenvalue weighted by Crippen LogP contribution is -2.43. The molecule has 1 aliphatic heterocycles. The van der Waals surface area contributed by atoms with Crippen LogP contribution in [0.25, 0.3) is 0 Å². The van der Waals surface area contributed by atoms with Crippen LogP contribution in [0.4, 0.5) is 5.69 Å². The molecule has 5 nitrogen and oxygen atoms in total. The van der Waals surface area contributed by atoms with Gasteiger partial charge in [0.1, 0.15) is 5.75 Å².